The minimum absolute atomic E-state index is 0.134. The molecule has 1 aromatic heterocycles. The van der Waals surface area contributed by atoms with Gasteiger partial charge in [-0.15, -0.1) is 0 Å². The Morgan fingerprint density at radius 1 is 0.971 bits per heavy atom. The van der Waals surface area contributed by atoms with Crippen LogP contribution in [0.15, 0.2) is 96.0 Å². The molecule has 0 saturated heterocycles. The average molecular weight is 490 g/mol. The van der Waals surface area contributed by atoms with Gasteiger partial charge in [0.1, 0.15) is 11.4 Å². The lowest BCUT2D eigenvalue weighted by atomic mass is 10.1. The van der Waals surface area contributed by atoms with Gasteiger partial charge in [-0.05, 0) is 36.8 Å². The van der Waals surface area contributed by atoms with Crippen molar-refractivity contribution in [2.75, 3.05) is 26.5 Å². The Kier molecular flexibility index (Phi) is 7.31. The van der Waals surface area contributed by atoms with E-state index in [1.807, 2.05) is 60.7 Å². The minimum Gasteiger partial charge on any atom is -0.493 e. The molecule has 4 aromatic rings. The summed E-state index contributed by atoms with van der Waals surface area (Å²) in [4.78, 5) is 15.2. The van der Waals surface area contributed by atoms with Crippen molar-refractivity contribution < 1.29 is 17.9 Å². The zero-order valence-corrected chi connectivity index (χ0v) is 20.5. The summed E-state index contributed by atoms with van der Waals surface area (Å²) in [6, 6.07) is 25.7. The first-order chi connectivity index (χ1) is 16.8. The summed E-state index contributed by atoms with van der Waals surface area (Å²) in [5, 5.41) is 4.71. The number of sulfone groups is 1. The van der Waals surface area contributed by atoms with Crippen LogP contribution in [0.2, 0.25) is 0 Å². The van der Waals surface area contributed by atoms with Gasteiger partial charge in [0.2, 0.25) is 0 Å². The average Bonchev–Trinajstić information content (AvgIpc) is 3.32. The zero-order valence-electron chi connectivity index (χ0n) is 19.7. The smallest absolute Gasteiger partial charge is 0.257 e. The summed E-state index contributed by atoms with van der Waals surface area (Å²) in [5.41, 5.74) is 2.88. The van der Waals surface area contributed by atoms with Gasteiger partial charge >= 0.3 is 0 Å². The molecular formula is C27H27N3O4S. The van der Waals surface area contributed by atoms with Crippen LogP contribution in [0, 0.1) is 0 Å². The first kappa shape index (κ1) is 24.2. The molecule has 0 aliphatic rings. The summed E-state index contributed by atoms with van der Waals surface area (Å²) in [5.74, 6) is 0.350. The van der Waals surface area contributed by atoms with Crippen LogP contribution >= 0.6 is 0 Å². The molecule has 180 valence electrons. The summed E-state index contributed by atoms with van der Waals surface area (Å²) in [7, 11) is -1.55. The van der Waals surface area contributed by atoms with Gasteiger partial charge in [-0.2, -0.15) is 5.10 Å². The Morgan fingerprint density at radius 3 is 2.34 bits per heavy atom. The maximum atomic E-state index is 13.4. The fraction of sp³-hybridized carbons (Fsp3) is 0.185. The third-order valence-electron chi connectivity index (χ3n) is 5.50. The highest BCUT2D eigenvalue weighted by Gasteiger charge is 2.21. The molecule has 1 heterocycles. The molecular weight excluding hydrogens is 462 g/mol. The van der Waals surface area contributed by atoms with E-state index in [2.05, 4.69) is 0 Å². The fourth-order valence-electron chi connectivity index (χ4n) is 3.65. The quantitative estimate of drug-likeness (QED) is 0.324. The number of hydrogen-bond acceptors (Lipinski definition) is 5. The maximum absolute atomic E-state index is 13.4. The summed E-state index contributed by atoms with van der Waals surface area (Å²) in [6.45, 7) is 0.814. The minimum atomic E-state index is -3.30. The van der Waals surface area contributed by atoms with Crippen molar-refractivity contribution in [3.63, 3.8) is 0 Å². The number of aromatic nitrogens is 2. The van der Waals surface area contributed by atoms with E-state index in [0.29, 0.717) is 36.6 Å². The number of carbonyl (C=O) groups is 1. The van der Waals surface area contributed by atoms with Gasteiger partial charge in [0.15, 0.2) is 9.84 Å². The van der Waals surface area contributed by atoms with Crippen LogP contribution in [-0.4, -0.2) is 55.5 Å². The van der Waals surface area contributed by atoms with Gasteiger partial charge in [0, 0.05) is 31.6 Å². The highest BCUT2D eigenvalue weighted by Crippen LogP contribution is 2.25. The van der Waals surface area contributed by atoms with E-state index < -0.39 is 9.84 Å². The second-order valence-corrected chi connectivity index (χ2v) is 10.2. The summed E-state index contributed by atoms with van der Waals surface area (Å²) >= 11 is 0. The number of amides is 1. The van der Waals surface area contributed by atoms with Gasteiger partial charge in [-0.1, -0.05) is 54.6 Å². The predicted molar refractivity (Wildman–Crippen MR) is 136 cm³/mol. The maximum Gasteiger partial charge on any atom is 0.257 e. The molecule has 35 heavy (non-hydrogen) atoms. The topological polar surface area (TPSA) is 81.5 Å². The number of carbonyl (C=O) groups excluding carboxylic acids is 1. The Bertz CT molecular complexity index is 1400. The largest absolute Gasteiger partial charge is 0.493 e. The van der Waals surface area contributed by atoms with Crippen LogP contribution in [0.5, 0.6) is 5.75 Å². The molecule has 0 unspecified atom stereocenters. The second-order valence-electron chi connectivity index (χ2n) is 8.21. The van der Waals surface area contributed by atoms with Crippen LogP contribution in [0.1, 0.15) is 16.8 Å². The number of para-hydroxylation sites is 1. The molecule has 0 radical (unpaired) electrons. The molecule has 0 spiro atoms. The number of hydrogen-bond donors (Lipinski definition) is 0. The molecule has 0 atom stereocenters. The normalized spacial score (nSPS) is 11.3. The molecule has 8 heteroatoms. The number of rotatable bonds is 9. The molecule has 0 fully saturated rings. The van der Waals surface area contributed by atoms with E-state index in [1.54, 1.807) is 35.0 Å². The van der Waals surface area contributed by atoms with Gasteiger partial charge in [0.25, 0.3) is 5.91 Å². The van der Waals surface area contributed by atoms with Crippen LogP contribution in [0.4, 0.5) is 0 Å². The lowest BCUT2D eigenvalue weighted by molar-refractivity contribution is 0.0788. The number of nitrogens with zero attached hydrogens (tertiary/aromatic N) is 3. The Morgan fingerprint density at radius 2 is 1.66 bits per heavy atom. The Balaban J connectivity index is 1.45. The van der Waals surface area contributed by atoms with Crippen molar-refractivity contribution in [3.8, 4) is 22.7 Å². The van der Waals surface area contributed by atoms with E-state index in [4.69, 9.17) is 9.84 Å². The second kappa shape index (κ2) is 10.6. The van der Waals surface area contributed by atoms with E-state index in [1.165, 1.54) is 12.1 Å². The first-order valence-electron chi connectivity index (χ1n) is 11.2. The first-order valence-corrected chi connectivity index (χ1v) is 13.1. The van der Waals surface area contributed by atoms with E-state index in [0.717, 1.165) is 17.5 Å². The predicted octanol–water partition coefficient (Wildman–Crippen LogP) is 4.48. The molecule has 3 aromatic carbocycles. The van der Waals surface area contributed by atoms with Crippen molar-refractivity contribution in [2.24, 2.45) is 0 Å². The SMILES string of the molecule is CN(CCCOc1cccc(S(C)(=O)=O)c1)C(=O)c1cn(-c2ccccc2)nc1-c1ccccc1. The lowest BCUT2D eigenvalue weighted by Gasteiger charge is -2.17. The molecule has 0 bridgehead atoms. The van der Waals surface area contributed by atoms with Crippen molar-refractivity contribution in [2.45, 2.75) is 11.3 Å². The van der Waals surface area contributed by atoms with E-state index in [-0.39, 0.29) is 10.8 Å². The molecule has 7 nitrogen and oxygen atoms in total. The molecule has 0 N–H and O–H groups in total. The van der Waals surface area contributed by atoms with Crippen molar-refractivity contribution in [1.82, 2.24) is 14.7 Å². The van der Waals surface area contributed by atoms with E-state index >= 15 is 0 Å². The van der Waals surface area contributed by atoms with E-state index in [9.17, 15) is 13.2 Å². The lowest BCUT2D eigenvalue weighted by Crippen LogP contribution is -2.28. The van der Waals surface area contributed by atoms with Gasteiger partial charge in [-0.3, -0.25) is 4.79 Å². The van der Waals surface area contributed by atoms with Crippen molar-refractivity contribution in [3.05, 3.63) is 96.7 Å². The molecule has 4 rings (SSSR count). The fourth-order valence-corrected chi connectivity index (χ4v) is 4.30. The van der Waals surface area contributed by atoms with Crippen LogP contribution in [-0.2, 0) is 9.84 Å². The third-order valence-corrected chi connectivity index (χ3v) is 6.61. The van der Waals surface area contributed by atoms with Gasteiger partial charge in [0.05, 0.1) is 22.8 Å². The van der Waals surface area contributed by atoms with Gasteiger partial charge in [-0.25, -0.2) is 13.1 Å². The molecule has 1 amide bonds. The summed E-state index contributed by atoms with van der Waals surface area (Å²) < 4.78 is 30.9. The monoisotopic (exact) mass is 489 g/mol. The Hall–Kier alpha value is -3.91. The van der Waals surface area contributed by atoms with Crippen LogP contribution in [0.25, 0.3) is 16.9 Å². The summed E-state index contributed by atoms with van der Waals surface area (Å²) in [6.07, 6.45) is 3.51. The Labute approximate surface area is 205 Å². The zero-order chi connectivity index (χ0) is 24.8. The van der Waals surface area contributed by atoms with Crippen LogP contribution in [0.3, 0.4) is 0 Å². The molecule has 0 aliphatic carbocycles. The van der Waals surface area contributed by atoms with Crippen LogP contribution < -0.4 is 4.74 Å². The number of benzene rings is 3. The standard InChI is InChI=1S/C27H27N3O4S/c1-29(17-10-18-34-23-15-9-16-24(19-23)35(2,32)33)27(31)25-20-30(22-13-7-4-8-14-22)28-26(25)21-11-5-3-6-12-21/h3-9,11-16,19-20H,10,17-18H2,1-2H3. The highest BCUT2D eigenvalue weighted by atomic mass is 32.2. The van der Waals surface area contributed by atoms with Crippen molar-refractivity contribution in [1.29, 1.82) is 0 Å². The van der Waals surface area contributed by atoms with Gasteiger partial charge < -0.3 is 9.64 Å². The third kappa shape index (κ3) is 5.96. The highest BCUT2D eigenvalue weighted by molar-refractivity contribution is 7.90. The van der Waals surface area contributed by atoms with Crippen molar-refractivity contribution >= 4 is 15.7 Å². The number of ether oxygens (including phenoxy) is 1. The molecule has 0 aliphatic heterocycles. The molecule has 0 saturated carbocycles.